The number of aromatic nitrogens is 4. The lowest BCUT2D eigenvalue weighted by molar-refractivity contribution is -0.142. The Bertz CT molecular complexity index is 2690. The molecule has 0 bridgehead atoms. The van der Waals surface area contributed by atoms with Crippen LogP contribution < -0.4 is 0 Å². The molecule has 0 saturated heterocycles. The standard InChI is InChI=1S/C56H46N4O6S2/c61-51(37-67-55(49-15-7-41(8-16-49)45-23-31-59-32-24-45)53(63)47-11-3-39(4-12-47)43-19-27-57-28-20-43)65-35-1-2-36-66-52(62)38-68-56(50-17-9-42(10-18-50)46-25-33-60-34-26-46)54(64)48-13-5-40(6-14-48)44-21-29-58-30-22-44/h3-34,55-56H,1-2,35-38H2. The van der Waals surface area contributed by atoms with Crippen LogP contribution in [0.25, 0.3) is 44.5 Å². The second-order valence-electron chi connectivity index (χ2n) is 15.6. The molecule has 0 aliphatic rings. The van der Waals surface area contributed by atoms with Crippen molar-refractivity contribution in [3.05, 3.63) is 217 Å². The zero-order valence-electron chi connectivity index (χ0n) is 36.9. The Kier molecular flexibility index (Phi) is 16.4. The van der Waals surface area contributed by atoms with E-state index in [2.05, 4.69) is 19.9 Å². The van der Waals surface area contributed by atoms with Gasteiger partial charge in [0, 0.05) is 60.7 Å². The molecular weight excluding hydrogens is 889 g/mol. The number of pyridine rings is 4. The zero-order valence-corrected chi connectivity index (χ0v) is 38.6. The van der Waals surface area contributed by atoms with Crippen LogP contribution in [0.1, 0.15) is 55.2 Å². The van der Waals surface area contributed by atoms with Crippen molar-refractivity contribution in [2.24, 2.45) is 0 Å². The van der Waals surface area contributed by atoms with Crippen LogP contribution in [0.4, 0.5) is 0 Å². The first-order valence-corrected chi connectivity index (χ1v) is 24.1. The minimum Gasteiger partial charge on any atom is -0.465 e. The second-order valence-corrected chi connectivity index (χ2v) is 17.8. The van der Waals surface area contributed by atoms with Crippen molar-refractivity contribution in [1.82, 2.24) is 19.9 Å². The first-order valence-electron chi connectivity index (χ1n) is 22.0. The Morgan fingerprint density at radius 2 is 0.603 bits per heavy atom. The summed E-state index contributed by atoms with van der Waals surface area (Å²) in [5.74, 6) is -1.20. The second kappa shape index (κ2) is 23.8. The van der Waals surface area contributed by atoms with Gasteiger partial charge in [0.1, 0.15) is 0 Å². The molecule has 0 radical (unpaired) electrons. The fraction of sp³-hybridized carbons (Fsp3) is 0.143. The molecule has 0 aliphatic heterocycles. The number of hydrogen-bond acceptors (Lipinski definition) is 12. The third kappa shape index (κ3) is 12.7. The van der Waals surface area contributed by atoms with Crippen molar-refractivity contribution in [3.8, 4) is 44.5 Å². The van der Waals surface area contributed by atoms with Crippen LogP contribution in [-0.4, -0.2) is 68.2 Å². The number of ketones is 2. The van der Waals surface area contributed by atoms with Gasteiger partial charge in [0.2, 0.25) is 0 Å². The Morgan fingerprint density at radius 3 is 0.882 bits per heavy atom. The first kappa shape index (κ1) is 47.0. The van der Waals surface area contributed by atoms with E-state index in [9.17, 15) is 19.2 Å². The topological polar surface area (TPSA) is 138 Å². The van der Waals surface area contributed by atoms with E-state index in [-0.39, 0.29) is 36.3 Å². The summed E-state index contributed by atoms with van der Waals surface area (Å²) >= 11 is 2.45. The highest BCUT2D eigenvalue weighted by molar-refractivity contribution is 8.01. The lowest BCUT2D eigenvalue weighted by Gasteiger charge is -2.17. The van der Waals surface area contributed by atoms with Gasteiger partial charge in [0.05, 0.1) is 35.2 Å². The molecule has 12 heteroatoms. The molecule has 0 aliphatic carbocycles. The average Bonchev–Trinajstić information content (AvgIpc) is 3.41. The Labute approximate surface area is 403 Å². The molecule has 0 saturated carbocycles. The van der Waals surface area contributed by atoms with E-state index >= 15 is 0 Å². The molecule has 10 nitrogen and oxygen atoms in total. The van der Waals surface area contributed by atoms with Gasteiger partial charge >= 0.3 is 11.9 Å². The lowest BCUT2D eigenvalue weighted by atomic mass is 9.98. The normalized spacial score (nSPS) is 11.8. The molecule has 0 fully saturated rings. The summed E-state index contributed by atoms with van der Waals surface area (Å²) < 4.78 is 11.1. The van der Waals surface area contributed by atoms with Gasteiger partial charge in [0.15, 0.2) is 11.6 Å². The SMILES string of the molecule is O=C(CSC(C(=O)c1ccc(-c2ccncc2)cc1)c1ccc(-c2ccncc2)cc1)OCCCCOC(=O)CSC(C(=O)c1ccc(-c2ccncc2)cc1)c1ccc(-c2ccncc2)cc1. The van der Waals surface area contributed by atoms with E-state index in [0.29, 0.717) is 24.0 Å². The van der Waals surface area contributed by atoms with Gasteiger partial charge < -0.3 is 9.47 Å². The minimum absolute atomic E-state index is 0.0367. The first-order chi connectivity index (χ1) is 33.4. The van der Waals surface area contributed by atoms with E-state index in [1.807, 2.05) is 146 Å². The number of carbonyl (C=O) groups is 4. The van der Waals surface area contributed by atoms with Crippen LogP contribution in [0.5, 0.6) is 0 Å². The van der Waals surface area contributed by atoms with E-state index in [4.69, 9.17) is 9.47 Å². The molecule has 2 unspecified atom stereocenters. The fourth-order valence-corrected chi connectivity index (χ4v) is 9.49. The average molecular weight is 935 g/mol. The van der Waals surface area contributed by atoms with Gasteiger partial charge in [-0.05, 0) is 117 Å². The summed E-state index contributed by atoms with van der Waals surface area (Å²) in [6, 6.07) is 45.8. The highest BCUT2D eigenvalue weighted by atomic mass is 32.2. The highest BCUT2D eigenvalue weighted by Crippen LogP contribution is 2.36. The van der Waals surface area contributed by atoms with E-state index in [1.54, 1.807) is 49.6 Å². The number of thioether (sulfide) groups is 2. The van der Waals surface area contributed by atoms with Gasteiger partial charge in [-0.15, -0.1) is 23.5 Å². The van der Waals surface area contributed by atoms with E-state index in [0.717, 1.165) is 55.6 Å². The fourth-order valence-electron chi connectivity index (χ4n) is 7.44. The van der Waals surface area contributed by atoms with Crippen molar-refractivity contribution in [3.63, 3.8) is 0 Å². The molecule has 8 rings (SSSR count). The molecule has 4 aromatic carbocycles. The van der Waals surface area contributed by atoms with Crippen LogP contribution in [0.2, 0.25) is 0 Å². The third-order valence-electron chi connectivity index (χ3n) is 11.1. The summed E-state index contributed by atoms with van der Waals surface area (Å²) in [6.45, 7) is 0.265. The molecule has 2 atom stereocenters. The number of ether oxygens (including phenoxy) is 2. The maximum absolute atomic E-state index is 14.1. The zero-order chi connectivity index (χ0) is 46.9. The molecule has 4 heterocycles. The van der Waals surface area contributed by atoms with E-state index in [1.165, 1.54) is 23.5 Å². The number of nitrogens with zero attached hydrogens (tertiary/aromatic N) is 4. The Balaban J connectivity index is 0.827. The van der Waals surface area contributed by atoms with Crippen LogP contribution >= 0.6 is 23.5 Å². The van der Waals surface area contributed by atoms with Crippen molar-refractivity contribution < 1.29 is 28.7 Å². The van der Waals surface area contributed by atoms with Crippen molar-refractivity contribution in [1.29, 1.82) is 0 Å². The van der Waals surface area contributed by atoms with Gasteiger partial charge in [-0.1, -0.05) is 97.1 Å². The maximum atomic E-state index is 14.1. The van der Waals surface area contributed by atoms with Crippen LogP contribution in [0.3, 0.4) is 0 Å². The van der Waals surface area contributed by atoms with Crippen LogP contribution in [0, 0.1) is 0 Å². The smallest absolute Gasteiger partial charge is 0.315 e. The van der Waals surface area contributed by atoms with Gasteiger partial charge in [-0.3, -0.25) is 39.1 Å². The number of Topliss-reactive ketones (excluding diaryl/α,β-unsaturated/α-hetero) is 2. The molecule has 0 amide bonds. The predicted molar refractivity (Wildman–Crippen MR) is 269 cm³/mol. The summed E-state index contributed by atoms with van der Waals surface area (Å²) in [4.78, 5) is 70.6. The number of esters is 2. The number of carbonyl (C=O) groups excluding carboxylic acids is 4. The number of rotatable bonds is 21. The molecule has 0 spiro atoms. The predicted octanol–water partition coefficient (Wildman–Crippen LogP) is 11.8. The molecule has 338 valence electrons. The third-order valence-corrected chi connectivity index (χ3v) is 13.5. The molecule has 8 aromatic rings. The van der Waals surface area contributed by atoms with Crippen molar-refractivity contribution in [2.45, 2.75) is 23.3 Å². The molecular formula is C56H46N4O6S2. The van der Waals surface area contributed by atoms with Gasteiger partial charge in [-0.25, -0.2) is 0 Å². The number of benzene rings is 4. The molecule has 4 aromatic heterocycles. The summed E-state index contributed by atoms with van der Waals surface area (Å²) in [5, 5.41) is -1.31. The summed E-state index contributed by atoms with van der Waals surface area (Å²) in [5.41, 5.74) is 10.5. The monoisotopic (exact) mass is 934 g/mol. The van der Waals surface area contributed by atoms with Crippen LogP contribution in [-0.2, 0) is 19.1 Å². The van der Waals surface area contributed by atoms with Gasteiger partial charge in [0.25, 0.3) is 0 Å². The highest BCUT2D eigenvalue weighted by Gasteiger charge is 2.26. The summed E-state index contributed by atoms with van der Waals surface area (Å²) in [6.07, 6.45) is 14.8. The Morgan fingerprint density at radius 1 is 0.353 bits per heavy atom. The molecule has 0 N–H and O–H groups in total. The van der Waals surface area contributed by atoms with Crippen molar-refractivity contribution >= 4 is 47.0 Å². The number of unbranched alkanes of at least 4 members (excludes halogenated alkanes) is 1. The largest absolute Gasteiger partial charge is 0.465 e. The maximum Gasteiger partial charge on any atom is 0.315 e. The van der Waals surface area contributed by atoms with Crippen LogP contribution in [0.15, 0.2) is 195 Å². The Hall–Kier alpha value is -7.54. The molecule has 68 heavy (non-hydrogen) atoms. The number of hydrogen-bond donors (Lipinski definition) is 0. The van der Waals surface area contributed by atoms with Gasteiger partial charge in [-0.2, -0.15) is 0 Å². The summed E-state index contributed by atoms with van der Waals surface area (Å²) in [7, 11) is 0. The minimum atomic E-state index is -0.655. The van der Waals surface area contributed by atoms with Crippen molar-refractivity contribution in [2.75, 3.05) is 24.7 Å². The van der Waals surface area contributed by atoms with E-state index < -0.39 is 22.4 Å². The lowest BCUT2D eigenvalue weighted by Crippen LogP contribution is -2.16. The quantitative estimate of drug-likeness (QED) is 0.0385.